The Morgan fingerprint density at radius 1 is 1.00 bits per heavy atom. The fourth-order valence-corrected chi connectivity index (χ4v) is 4.53. The van der Waals surface area contributed by atoms with E-state index in [9.17, 15) is 4.39 Å². The van der Waals surface area contributed by atoms with Gasteiger partial charge < -0.3 is 9.47 Å². The molecule has 0 atom stereocenters. The summed E-state index contributed by atoms with van der Waals surface area (Å²) >= 11 is 0. The summed E-state index contributed by atoms with van der Waals surface area (Å²) in [5, 5.41) is 1.21. The fraction of sp³-hybridized carbons (Fsp3) is 0.240. The van der Waals surface area contributed by atoms with Gasteiger partial charge in [-0.25, -0.2) is 9.37 Å². The number of aryl methyl sites for hydroxylation is 1. The third-order valence-corrected chi connectivity index (χ3v) is 6.18. The highest BCUT2D eigenvalue weighted by atomic mass is 19.1. The Balaban J connectivity index is 1.58. The normalized spacial score (nSPS) is 13.7. The molecule has 0 aliphatic carbocycles. The quantitative estimate of drug-likeness (QED) is 0.471. The molecule has 146 valence electrons. The molecule has 0 radical (unpaired) electrons. The van der Waals surface area contributed by atoms with E-state index in [1.165, 1.54) is 33.8 Å². The molecule has 0 saturated carbocycles. The van der Waals surface area contributed by atoms with Gasteiger partial charge in [0.15, 0.2) is 0 Å². The van der Waals surface area contributed by atoms with Crippen molar-refractivity contribution in [1.29, 1.82) is 0 Å². The number of nitrogens with zero attached hydrogens (tertiary/aromatic N) is 3. The number of hydrogen-bond donors (Lipinski definition) is 0. The van der Waals surface area contributed by atoms with Gasteiger partial charge in [-0.1, -0.05) is 36.4 Å². The zero-order valence-corrected chi connectivity index (χ0v) is 16.8. The van der Waals surface area contributed by atoms with Crippen LogP contribution in [0, 0.1) is 19.7 Å². The van der Waals surface area contributed by atoms with Gasteiger partial charge in [-0.3, -0.25) is 0 Å². The second kappa shape index (κ2) is 7.03. The lowest BCUT2D eigenvalue weighted by Crippen LogP contribution is -2.31. The van der Waals surface area contributed by atoms with Gasteiger partial charge in [-0.15, -0.1) is 0 Å². The van der Waals surface area contributed by atoms with Crippen LogP contribution in [0.3, 0.4) is 0 Å². The maximum atomic E-state index is 13.7. The summed E-state index contributed by atoms with van der Waals surface area (Å²) in [4.78, 5) is 7.18. The number of rotatable bonds is 3. The standard InChI is InChI=1S/C25H24FN3/c1-17-18(2)29(15-19-6-5-9-22(26)14-19)23-10-12-27-25(24(17)23)28-13-11-20-7-3-4-8-21(20)16-28/h3-10,12,14H,11,13,15-16H2,1-2H3. The van der Waals surface area contributed by atoms with Gasteiger partial charge >= 0.3 is 0 Å². The molecule has 4 aromatic rings. The van der Waals surface area contributed by atoms with Gasteiger partial charge in [-0.05, 0) is 60.7 Å². The zero-order valence-electron chi connectivity index (χ0n) is 16.8. The molecular weight excluding hydrogens is 361 g/mol. The van der Waals surface area contributed by atoms with Gasteiger partial charge in [0.25, 0.3) is 0 Å². The Labute approximate surface area is 170 Å². The van der Waals surface area contributed by atoms with E-state index >= 15 is 0 Å². The Morgan fingerprint density at radius 2 is 1.83 bits per heavy atom. The molecule has 0 bridgehead atoms. The van der Waals surface area contributed by atoms with E-state index in [0.717, 1.165) is 36.4 Å². The van der Waals surface area contributed by atoms with Crippen molar-refractivity contribution in [2.75, 3.05) is 11.4 Å². The first-order valence-corrected chi connectivity index (χ1v) is 10.1. The fourth-order valence-electron chi connectivity index (χ4n) is 4.53. The minimum atomic E-state index is -0.192. The van der Waals surface area contributed by atoms with Gasteiger partial charge in [0.2, 0.25) is 0 Å². The molecular formula is C25H24FN3. The Bertz CT molecular complexity index is 1210. The Kier molecular flexibility index (Phi) is 4.35. The smallest absolute Gasteiger partial charge is 0.138 e. The second-order valence-corrected chi connectivity index (χ2v) is 7.90. The molecule has 0 fully saturated rings. The number of hydrogen-bond acceptors (Lipinski definition) is 2. The first kappa shape index (κ1) is 17.9. The average molecular weight is 385 g/mol. The van der Waals surface area contributed by atoms with E-state index in [1.807, 2.05) is 12.3 Å². The summed E-state index contributed by atoms with van der Waals surface area (Å²) in [5.74, 6) is 0.860. The van der Waals surface area contributed by atoms with E-state index in [-0.39, 0.29) is 5.82 Å². The minimum Gasteiger partial charge on any atom is -0.351 e. The van der Waals surface area contributed by atoms with Gasteiger partial charge in [0.1, 0.15) is 11.6 Å². The van der Waals surface area contributed by atoms with Crippen molar-refractivity contribution < 1.29 is 4.39 Å². The summed E-state index contributed by atoms with van der Waals surface area (Å²) in [6, 6.07) is 17.6. The maximum absolute atomic E-state index is 13.7. The molecule has 2 aromatic carbocycles. The summed E-state index contributed by atoms with van der Waals surface area (Å²) in [6.45, 7) is 6.82. The van der Waals surface area contributed by atoms with Crippen LogP contribution in [-0.4, -0.2) is 16.1 Å². The van der Waals surface area contributed by atoms with Gasteiger partial charge in [0, 0.05) is 36.9 Å². The average Bonchev–Trinajstić information content (AvgIpc) is 2.98. The summed E-state index contributed by atoms with van der Waals surface area (Å²) in [7, 11) is 0. The molecule has 5 rings (SSSR count). The van der Waals surface area contributed by atoms with Crippen LogP contribution in [0.1, 0.15) is 27.9 Å². The van der Waals surface area contributed by atoms with E-state index in [2.05, 4.69) is 53.6 Å². The van der Waals surface area contributed by atoms with Crippen molar-refractivity contribution in [3.63, 3.8) is 0 Å². The van der Waals surface area contributed by atoms with E-state index in [1.54, 1.807) is 12.1 Å². The van der Waals surface area contributed by atoms with Crippen LogP contribution in [0.5, 0.6) is 0 Å². The Hall–Kier alpha value is -3.14. The van der Waals surface area contributed by atoms with Crippen LogP contribution in [0.15, 0.2) is 60.8 Å². The van der Waals surface area contributed by atoms with Crippen LogP contribution < -0.4 is 4.90 Å². The number of fused-ring (bicyclic) bond motifs is 2. The lowest BCUT2D eigenvalue weighted by molar-refractivity contribution is 0.623. The Morgan fingerprint density at radius 3 is 2.66 bits per heavy atom. The number of anilines is 1. The van der Waals surface area contributed by atoms with Crippen molar-refractivity contribution in [1.82, 2.24) is 9.55 Å². The van der Waals surface area contributed by atoms with Crippen LogP contribution >= 0.6 is 0 Å². The summed E-state index contributed by atoms with van der Waals surface area (Å²) in [5.41, 5.74) is 7.40. The number of pyridine rings is 1. The van der Waals surface area contributed by atoms with Gasteiger partial charge in [-0.2, -0.15) is 0 Å². The van der Waals surface area contributed by atoms with E-state index in [0.29, 0.717) is 6.54 Å². The molecule has 4 heteroatoms. The predicted octanol–water partition coefficient (Wildman–Crippen LogP) is 5.40. The lowest BCUT2D eigenvalue weighted by Gasteiger charge is -2.30. The molecule has 0 saturated heterocycles. The summed E-state index contributed by atoms with van der Waals surface area (Å²) in [6.07, 6.45) is 2.94. The largest absolute Gasteiger partial charge is 0.351 e. The molecule has 2 aromatic heterocycles. The van der Waals surface area contributed by atoms with Crippen molar-refractivity contribution in [3.8, 4) is 0 Å². The molecule has 3 heterocycles. The molecule has 0 spiro atoms. The van der Waals surface area contributed by atoms with Crippen molar-refractivity contribution >= 4 is 16.7 Å². The minimum absolute atomic E-state index is 0.192. The number of halogens is 1. The number of benzene rings is 2. The lowest BCUT2D eigenvalue weighted by atomic mass is 9.99. The molecule has 0 unspecified atom stereocenters. The van der Waals surface area contributed by atoms with Crippen LogP contribution in [0.25, 0.3) is 10.9 Å². The highest BCUT2D eigenvalue weighted by molar-refractivity contribution is 5.95. The van der Waals surface area contributed by atoms with E-state index < -0.39 is 0 Å². The molecule has 1 aliphatic rings. The highest BCUT2D eigenvalue weighted by Gasteiger charge is 2.22. The first-order chi connectivity index (χ1) is 14.1. The summed E-state index contributed by atoms with van der Waals surface area (Å²) < 4.78 is 16.0. The van der Waals surface area contributed by atoms with Crippen LogP contribution in [0.2, 0.25) is 0 Å². The topological polar surface area (TPSA) is 21.1 Å². The van der Waals surface area contributed by atoms with Crippen molar-refractivity contribution in [2.24, 2.45) is 0 Å². The van der Waals surface area contributed by atoms with Crippen LogP contribution in [-0.2, 0) is 19.5 Å². The highest BCUT2D eigenvalue weighted by Crippen LogP contribution is 2.34. The van der Waals surface area contributed by atoms with Crippen molar-refractivity contribution in [3.05, 3.63) is 94.6 Å². The van der Waals surface area contributed by atoms with Crippen LogP contribution in [0.4, 0.5) is 10.2 Å². The third-order valence-electron chi connectivity index (χ3n) is 6.18. The number of aromatic nitrogens is 2. The SMILES string of the molecule is Cc1c(C)n(Cc2cccc(F)c2)c2ccnc(N3CCc4ccccc4C3)c12. The molecule has 1 aliphatic heterocycles. The van der Waals surface area contributed by atoms with Gasteiger partial charge in [0.05, 0.1) is 5.52 Å². The zero-order chi connectivity index (χ0) is 20.0. The maximum Gasteiger partial charge on any atom is 0.138 e. The molecule has 0 N–H and O–H groups in total. The molecule has 0 amide bonds. The molecule has 3 nitrogen and oxygen atoms in total. The monoisotopic (exact) mass is 385 g/mol. The first-order valence-electron chi connectivity index (χ1n) is 10.1. The third kappa shape index (κ3) is 3.09. The molecule has 29 heavy (non-hydrogen) atoms. The van der Waals surface area contributed by atoms with Crippen molar-refractivity contribution in [2.45, 2.75) is 33.4 Å². The van der Waals surface area contributed by atoms with E-state index in [4.69, 9.17) is 4.98 Å². The predicted molar refractivity (Wildman–Crippen MR) is 116 cm³/mol. The second-order valence-electron chi connectivity index (χ2n) is 7.90.